The second-order valence-electron chi connectivity index (χ2n) is 6.89. The highest BCUT2D eigenvalue weighted by molar-refractivity contribution is 5.90. The van der Waals surface area contributed by atoms with Gasteiger partial charge in [0.05, 0.1) is 32.0 Å². The van der Waals surface area contributed by atoms with Gasteiger partial charge >= 0.3 is 12.5 Å². The zero-order chi connectivity index (χ0) is 22.5. The molecule has 172 valence electrons. The minimum Gasteiger partial charge on any atom is -0.442 e. The first-order chi connectivity index (χ1) is 14.8. The summed E-state index contributed by atoms with van der Waals surface area (Å²) in [6.07, 6.45) is -5.06. The maximum Gasteiger partial charge on any atom is 0.414 e. The van der Waals surface area contributed by atoms with E-state index in [0.29, 0.717) is 6.54 Å². The van der Waals surface area contributed by atoms with Crippen molar-refractivity contribution in [1.29, 1.82) is 0 Å². The summed E-state index contributed by atoms with van der Waals surface area (Å²) >= 11 is 0. The average Bonchev–Trinajstić information content (AvgIpc) is 2.93. The third-order valence-electron chi connectivity index (χ3n) is 4.81. The van der Waals surface area contributed by atoms with Crippen molar-refractivity contribution in [2.24, 2.45) is 0 Å². The molecule has 2 saturated heterocycles. The summed E-state index contributed by atoms with van der Waals surface area (Å²) in [7, 11) is 0. The smallest absolute Gasteiger partial charge is 0.414 e. The molecule has 1 atom stereocenters. The van der Waals surface area contributed by atoms with Crippen LogP contribution in [0.15, 0.2) is 12.1 Å². The van der Waals surface area contributed by atoms with Gasteiger partial charge < -0.3 is 20.1 Å². The number of rotatable bonds is 7. The van der Waals surface area contributed by atoms with Crippen molar-refractivity contribution in [3.05, 3.63) is 23.8 Å². The van der Waals surface area contributed by atoms with Crippen LogP contribution < -0.4 is 15.1 Å². The van der Waals surface area contributed by atoms with Crippen molar-refractivity contribution in [1.82, 2.24) is 10.4 Å². The third kappa shape index (κ3) is 5.54. The standard InChI is InChI=1S/C18H22F4N4O5/c19-13-7-11(26-10-12(31-18(26)29)9-23-17(28)16(21)22)8-14(20)15(13)24-1-2-25(3-5-27)30-6-4-24/h7-8,12,16,27H,1-6,9-10H2,(H,23,28). The Balaban J connectivity index is 1.69. The highest BCUT2D eigenvalue weighted by atomic mass is 19.3. The Morgan fingerprint density at radius 3 is 2.58 bits per heavy atom. The number of carbonyl (C=O) groups is 2. The zero-order valence-corrected chi connectivity index (χ0v) is 16.4. The van der Waals surface area contributed by atoms with Gasteiger partial charge in [-0.1, -0.05) is 0 Å². The van der Waals surface area contributed by atoms with Crippen molar-refractivity contribution in [3.8, 4) is 0 Å². The number of anilines is 2. The Hall–Kier alpha value is -2.64. The first-order valence-electron chi connectivity index (χ1n) is 9.57. The van der Waals surface area contributed by atoms with Crippen LogP contribution in [-0.4, -0.2) is 87.2 Å². The number of hydrogen-bond donors (Lipinski definition) is 2. The van der Waals surface area contributed by atoms with E-state index in [1.54, 1.807) is 0 Å². The van der Waals surface area contributed by atoms with Gasteiger partial charge in [0.25, 0.3) is 5.91 Å². The number of cyclic esters (lactones) is 1. The number of alkyl halides is 2. The van der Waals surface area contributed by atoms with Gasteiger partial charge in [-0.2, -0.15) is 13.8 Å². The number of halogens is 4. The molecule has 2 aliphatic rings. The molecule has 0 aliphatic carbocycles. The summed E-state index contributed by atoms with van der Waals surface area (Å²) in [4.78, 5) is 30.8. The molecule has 2 heterocycles. The lowest BCUT2D eigenvalue weighted by Gasteiger charge is -2.24. The maximum atomic E-state index is 14.8. The number of ether oxygens (including phenoxy) is 1. The number of β-amino-alcohol motifs (C(OH)–C–C–N with tert-alkyl or cyclic N) is 1. The van der Waals surface area contributed by atoms with E-state index in [4.69, 9.17) is 14.7 Å². The summed E-state index contributed by atoms with van der Waals surface area (Å²) in [5, 5.41) is 12.4. The number of aliphatic hydroxyl groups is 1. The molecule has 0 spiro atoms. The van der Waals surface area contributed by atoms with E-state index in [0.717, 1.165) is 17.0 Å². The van der Waals surface area contributed by atoms with E-state index < -0.39 is 36.2 Å². The quantitative estimate of drug-likeness (QED) is 0.592. The average molecular weight is 450 g/mol. The molecule has 1 aromatic rings. The molecule has 31 heavy (non-hydrogen) atoms. The van der Waals surface area contributed by atoms with Gasteiger partial charge in [-0.05, 0) is 0 Å². The largest absolute Gasteiger partial charge is 0.442 e. The van der Waals surface area contributed by atoms with Crippen molar-refractivity contribution < 1.29 is 41.8 Å². The molecule has 2 fully saturated rings. The second kappa shape index (κ2) is 10.1. The Labute approximate surface area is 175 Å². The van der Waals surface area contributed by atoms with Gasteiger partial charge in [-0.25, -0.2) is 13.6 Å². The van der Waals surface area contributed by atoms with Gasteiger partial charge in [-0.3, -0.25) is 14.5 Å². The van der Waals surface area contributed by atoms with Gasteiger partial charge in [-0.15, -0.1) is 0 Å². The second-order valence-corrected chi connectivity index (χ2v) is 6.89. The first-order valence-corrected chi connectivity index (χ1v) is 9.57. The van der Waals surface area contributed by atoms with Gasteiger partial charge in [0.1, 0.15) is 11.8 Å². The van der Waals surface area contributed by atoms with E-state index in [1.165, 1.54) is 9.96 Å². The number of amides is 2. The van der Waals surface area contributed by atoms with Crippen LogP contribution in [0.3, 0.4) is 0 Å². The molecule has 13 heteroatoms. The predicted octanol–water partition coefficient (Wildman–Crippen LogP) is 0.717. The van der Waals surface area contributed by atoms with Crippen LogP contribution in [0.4, 0.5) is 33.7 Å². The zero-order valence-electron chi connectivity index (χ0n) is 16.4. The molecular formula is C18H22F4N4O5. The maximum absolute atomic E-state index is 14.8. The minimum absolute atomic E-state index is 0.0978. The first kappa shape index (κ1) is 23.0. The SMILES string of the molecule is O=C(NCC1CN(c2cc(F)c(N3CCON(CCO)CC3)c(F)c2)C(=O)O1)C(F)F. The van der Waals surface area contributed by atoms with Crippen LogP contribution in [-0.2, 0) is 14.4 Å². The molecule has 3 rings (SSSR count). The molecule has 9 nitrogen and oxygen atoms in total. The summed E-state index contributed by atoms with van der Waals surface area (Å²) in [5.41, 5.74) is -0.370. The highest BCUT2D eigenvalue weighted by Gasteiger charge is 2.34. The predicted molar refractivity (Wildman–Crippen MR) is 99.8 cm³/mol. The number of hydroxylamine groups is 2. The van der Waals surface area contributed by atoms with E-state index in [9.17, 15) is 27.2 Å². The number of hydrogen-bond acceptors (Lipinski definition) is 7. The Morgan fingerprint density at radius 1 is 1.23 bits per heavy atom. The lowest BCUT2D eigenvalue weighted by atomic mass is 10.2. The molecule has 2 N–H and O–H groups in total. The summed E-state index contributed by atoms with van der Waals surface area (Å²) in [6.45, 7) is 0.596. The fourth-order valence-corrected chi connectivity index (χ4v) is 3.34. The van der Waals surface area contributed by atoms with Crippen LogP contribution in [0.25, 0.3) is 0 Å². The summed E-state index contributed by atoms with van der Waals surface area (Å²) in [6, 6.07) is 1.97. The molecule has 0 aromatic heterocycles. The Kier molecular flexibility index (Phi) is 7.51. The molecule has 0 saturated carbocycles. The molecule has 0 radical (unpaired) electrons. The number of aliphatic hydroxyl groups excluding tert-OH is 1. The van der Waals surface area contributed by atoms with Crippen molar-refractivity contribution in [2.45, 2.75) is 12.5 Å². The number of benzene rings is 1. The van der Waals surface area contributed by atoms with E-state index in [2.05, 4.69) is 0 Å². The molecule has 1 unspecified atom stereocenters. The van der Waals surface area contributed by atoms with Crippen LogP contribution in [0, 0.1) is 11.6 Å². The van der Waals surface area contributed by atoms with E-state index >= 15 is 0 Å². The van der Waals surface area contributed by atoms with Crippen LogP contribution in [0.2, 0.25) is 0 Å². The molecule has 1 aromatic carbocycles. The summed E-state index contributed by atoms with van der Waals surface area (Å²) in [5.74, 6) is -3.30. The Bertz CT molecular complexity index is 792. The number of nitrogens with zero attached hydrogens (tertiary/aromatic N) is 3. The minimum atomic E-state index is -3.20. The number of carbonyl (C=O) groups excluding carboxylic acids is 2. The Morgan fingerprint density at radius 2 is 1.94 bits per heavy atom. The van der Waals surface area contributed by atoms with Crippen LogP contribution in [0.5, 0.6) is 0 Å². The van der Waals surface area contributed by atoms with Gasteiger partial charge in [0, 0.05) is 38.3 Å². The third-order valence-corrected chi connectivity index (χ3v) is 4.81. The van der Waals surface area contributed by atoms with Crippen molar-refractivity contribution >= 4 is 23.4 Å². The molecule has 2 amide bonds. The van der Waals surface area contributed by atoms with E-state index in [1.807, 2.05) is 5.32 Å². The fraction of sp³-hybridized carbons (Fsp3) is 0.556. The molecule has 2 aliphatic heterocycles. The normalized spacial score (nSPS) is 20.2. The number of nitrogens with one attached hydrogen (secondary N) is 1. The van der Waals surface area contributed by atoms with Crippen molar-refractivity contribution in [3.63, 3.8) is 0 Å². The van der Waals surface area contributed by atoms with Gasteiger partial charge in [0.2, 0.25) is 0 Å². The summed E-state index contributed by atoms with van der Waals surface area (Å²) < 4.78 is 59.1. The van der Waals surface area contributed by atoms with E-state index in [-0.39, 0.29) is 57.3 Å². The molecular weight excluding hydrogens is 428 g/mol. The highest BCUT2D eigenvalue weighted by Crippen LogP contribution is 2.31. The van der Waals surface area contributed by atoms with Crippen LogP contribution in [0.1, 0.15) is 0 Å². The monoisotopic (exact) mass is 450 g/mol. The van der Waals surface area contributed by atoms with Crippen LogP contribution >= 0.6 is 0 Å². The fourth-order valence-electron chi connectivity index (χ4n) is 3.34. The van der Waals surface area contributed by atoms with Crippen molar-refractivity contribution in [2.75, 3.05) is 62.3 Å². The topological polar surface area (TPSA) is 94.6 Å². The molecule has 0 bridgehead atoms. The lowest BCUT2D eigenvalue weighted by molar-refractivity contribution is -0.152. The van der Waals surface area contributed by atoms with Gasteiger partial charge in [0.15, 0.2) is 11.6 Å². The lowest BCUT2D eigenvalue weighted by Crippen LogP contribution is -2.37.